The van der Waals surface area contributed by atoms with Crippen LogP contribution in [-0.4, -0.2) is 27.8 Å². The van der Waals surface area contributed by atoms with Gasteiger partial charge in [-0.2, -0.15) is 16.9 Å². The molecule has 1 aromatic heterocycles. The Balaban J connectivity index is 2.00. The van der Waals surface area contributed by atoms with Crippen LogP contribution in [0.2, 0.25) is 0 Å². The van der Waals surface area contributed by atoms with Crippen LogP contribution in [0.1, 0.15) is 17.3 Å². The molecule has 0 unspecified atom stereocenters. The van der Waals surface area contributed by atoms with Gasteiger partial charge in [0.1, 0.15) is 5.82 Å². The smallest absolute Gasteiger partial charge is 0.126 e. The standard InChI is InChI=1S/C9H14N4S/c10-9-7-3-11-2-1-8(7)12-13(9)6-4-14-5-6/h6,11H,1-5,10H2. The summed E-state index contributed by atoms with van der Waals surface area (Å²) in [5, 5.41) is 7.94. The predicted octanol–water partition coefficient (Wildman–Crippen LogP) is 0.399. The summed E-state index contributed by atoms with van der Waals surface area (Å²) in [5.74, 6) is 3.22. The second kappa shape index (κ2) is 3.17. The molecule has 2 aliphatic heterocycles. The molecule has 0 aliphatic carbocycles. The van der Waals surface area contributed by atoms with Crippen molar-refractivity contribution in [2.75, 3.05) is 23.8 Å². The van der Waals surface area contributed by atoms with Crippen molar-refractivity contribution < 1.29 is 0 Å². The number of hydrogen-bond acceptors (Lipinski definition) is 4. The maximum atomic E-state index is 6.09. The molecular weight excluding hydrogens is 196 g/mol. The molecule has 0 atom stereocenters. The first-order valence-corrected chi connectivity index (χ1v) is 6.16. The molecule has 0 radical (unpaired) electrons. The van der Waals surface area contributed by atoms with Gasteiger partial charge in [0.25, 0.3) is 0 Å². The first kappa shape index (κ1) is 8.61. The fourth-order valence-corrected chi connectivity index (χ4v) is 2.72. The molecule has 0 bridgehead atoms. The van der Waals surface area contributed by atoms with Crippen molar-refractivity contribution in [2.24, 2.45) is 0 Å². The lowest BCUT2D eigenvalue weighted by Crippen LogP contribution is -2.25. The first-order chi connectivity index (χ1) is 6.86. The van der Waals surface area contributed by atoms with E-state index in [9.17, 15) is 0 Å². The molecule has 5 heteroatoms. The summed E-state index contributed by atoms with van der Waals surface area (Å²) in [7, 11) is 0. The van der Waals surface area contributed by atoms with Crippen LogP contribution >= 0.6 is 11.8 Å². The zero-order chi connectivity index (χ0) is 9.54. The number of rotatable bonds is 1. The second-order valence-electron chi connectivity index (χ2n) is 3.87. The Labute approximate surface area is 87.2 Å². The zero-order valence-electron chi connectivity index (χ0n) is 7.99. The van der Waals surface area contributed by atoms with Crippen LogP contribution in [0.5, 0.6) is 0 Å². The lowest BCUT2D eigenvalue weighted by Gasteiger charge is -2.26. The van der Waals surface area contributed by atoms with E-state index in [1.165, 1.54) is 11.3 Å². The van der Waals surface area contributed by atoms with Crippen molar-refractivity contribution in [3.05, 3.63) is 11.3 Å². The van der Waals surface area contributed by atoms with E-state index in [-0.39, 0.29) is 0 Å². The quantitative estimate of drug-likeness (QED) is 0.704. The second-order valence-corrected chi connectivity index (χ2v) is 4.95. The third-order valence-electron chi connectivity index (χ3n) is 2.94. The average Bonchev–Trinajstić information content (AvgIpc) is 2.43. The highest BCUT2D eigenvalue weighted by molar-refractivity contribution is 8.00. The Morgan fingerprint density at radius 3 is 3.00 bits per heavy atom. The molecule has 4 nitrogen and oxygen atoms in total. The van der Waals surface area contributed by atoms with Crippen molar-refractivity contribution in [1.82, 2.24) is 15.1 Å². The summed E-state index contributed by atoms with van der Waals surface area (Å²) in [4.78, 5) is 0. The molecule has 76 valence electrons. The van der Waals surface area contributed by atoms with Gasteiger partial charge in [-0.1, -0.05) is 0 Å². The molecule has 14 heavy (non-hydrogen) atoms. The maximum Gasteiger partial charge on any atom is 0.126 e. The van der Waals surface area contributed by atoms with Crippen LogP contribution in [0.4, 0.5) is 5.82 Å². The number of aromatic nitrogens is 2. The van der Waals surface area contributed by atoms with E-state index in [1.807, 2.05) is 16.4 Å². The highest BCUT2D eigenvalue weighted by Gasteiger charge is 2.26. The van der Waals surface area contributed by atoms with Crippen molar-refractivity contribution >= 4 is 17.6 Å². The van der Waals surface area contributed by atoms with Gasteiger partial charge >= 0.3 is 0 Å². The molecule has 1 fully saturated rings. The zero-order valence-corrected chi connectivity index (χ0v) is 8.81. The van der Waals surface area contributed by atoms with E-state index < -0.39 is 0 Å². The van der Waals surface area contributed by atoms with Crippen LogP contribution < -0.4 is 11.1 Å². The normalized spacial score (nSPS) is 21.7. The number of nitrogen functional groups attached to an aromatic ring is 1. The van der Waals surface area contributed by atoms with Gasteiger partial charge in [0.05, 0.1) is 11.7 Å². The summed E-state index contributed by atoms with van der Waals surface area (Å²) in [5.41, 5.74) is 8.52. The van der Waals surface area contributed by atoms with Gasteiger partial charge in [-0.25, -0.2) is 4.68 Å². The van der Waals surface area contributed by atoms with E-state index in [1.54, 1.807) is 0 Å². The molecule has 3 N–H and O–H groups in total. The summed E-state index contributed by atoms with van der Waals surface area (Å²) in [6.07, 6.45) is 1.02. The molecule has 0 spiro atoms. The number of nitrogens with zero attached hydrogens (tertiary/aromatic N) is 2. The van der Waals surface area contributed by atoms with Crippen LogP contribution in [0, 0.1) is 0 Å². The monoisotopic (exact) mass is 210 g/mol. The van der Waals surface area contributed by atoms with E-state index in [0.29, 0.717) is 6.04 Å². The van der Waals surface area contributed by atoms with E-state index in [0.717, 1.165) is 36.8 Å². The highest BCUT2D eigenvalue weighted by atomic mass is 32.2. The third-order valence-corrected chi connectivity index (χ3v) is 4.18. The van der Waals surface area contributed by atoms with Crippen LogP contribution in [0.25, 0.3) is 0 Å². The van der Waals surface area contributed by atoms with Gasteiger partial charge in [0.2, 0.25) is 0 Å². The lowest BCUT2D eigenvalue weighted by molar-refractivity contribution is 0.527. The predicted molar refractivity (Wildman–Crippen MR) is 58.4 cm³/mol. The summed E-state index contributed by atoms with van der Waals surface area (Å²) in [6, 6.07) is 0.547. The van der Waals surface area contributed by atoms with Gasteiger partial charge < -0.3 is 11.1 Å². The number of nitrogens with two attached hydrogens (primary N) is 1. The van der Waals surface area contributed by atoms with Crippen LogP contribution in [-0.2, 0) is 13.0 Å². The van der Waals surface area contributed by atoms with Gasteiger partial charge in [-0.05, 0) is 0 Å². The molecule has 3 heterocycles. The van der Waals surface area contributed by atoms with E-state index in [4.69, 9.17) is 5.73 Å². The number of hydrogen-bond donors (Lipinski definition) is 2. The molecule has 3 rings (SSSR count). The summed E-state index contributed by atoms with van der Waals surface area (Å²) in [6.45, 7) is 1.92. The average molecular weight is 210 g/mol. The topological polar surface area (TPSA) is 55.9 Å². The highest BCUT2D eigenvalue weighted by Crippen LogP contribution is 2.33. The molecule has 0 aromatic carbocycles. The van der Waals surface area contributed by atoms with Crippen LogP contribution in [0.15, 0.2) is 0 Å². The molecule has 1 aromatic rings. The van der Waals surface area contributed by atoms with E-state index in [2.05, 4.69) is 10.4 Å². The Morgan fingerprint density at radius 1 is 1.50 bits per heavy atom. The molecule has 0 amide bonds. The van der Waals surface area contributed by atoms with Gasteiger partial charge in [-0.3, -0.25) is 0 Å². The minimum absolute atomic E-state index is 0.547. The fourth-order valence-electron chi connectivity index (χ4n) is 1.99. The Hall–Kier alpha value is -0.680. The molecule has 2 aliphatic rings. The fraction of sp³-hybridized carbons (Fsp3) is 0.667. The minimum atomic E-state index is 0.547. The summed E-state index contributed by atoms with van der Waals surface area (Å²) >= 11 is 1.96. The van der Waals surface area contributed by atoms with Crippen molar-refractivity contribution in [3.8, 4) is 0 Å². The van der Waals surface area contributed by atoms with Gasteiger partial charge in [0.15, 0.2) is 0 Å². The summed E-state index contributed by atoms with van der Waals surface area (Å²) < 4.78 is 2.04. The Bertz CT molecular complexity index is 356. The van der Waals surface area contributed by atoms with Crippen molar-refractivity contribution in [1.29, 1.82) is 0 Å². The number of anilines is 1. The molecule has 0 saturated carbocycles. The first-order valence-electron chi connectivity index (χ1n) is 5.00. The van der Waals surface area contributed by atoms with Gasteiger partial charge in [-0.15, -0.1) is 0 Å². The Morgan fingerprint density at radius 2 is 2.36 bits per heavy atom. The lowest BCUT2D eigenvalue weighted by atomic mass is 10.1. The number of fused-ring (bicyclic) bond motifs is 1. The van der Waals surface area contributed by atoms with Crippen LogP contribution in [0.3, 0.4) is 0 Å². The molecule has 1 saturated heterocycles. The maximum absolute atomic E-state index is 6.09. The molecular formula is C9H14N4S. The third kappa shape index (κ3) is 1.15. The number of thioether (sulfide) groups is 1. The van der Waals surface area contributed by atoms with Gasteiger partial charge in [0, 0.05) is 36.6 Å². The number of nitrogens with one attached hydrogen (secondary N) is 1. The largest absolute Gasteiger partial charge is 0.384 e. The minimum Gasteiger partial charge on any atom is -0.384 e. The van der Waals surface area contributed by atoms with E-state index >= 15 is 0 Å². The van der Waals surface area contributed by atoms with Crippen molar-refractivity contribution in [3.63, 3.8) is 0 Å². The van der Waals surface area contributed by atoms with Crippen molar-refractivity contribution in [2.45, 2.75) is 19.0 Å². The SMILES string of the molecule is Nc1c2c(nn1C1CSC1)CCNC2. The Kier molecular flexibility index (Phi) is 1.95.